The summed E-state index contributed by atoms with van der Waals surface area (Å²) in [6.07, 6.45) is 0. The number of hydrogen-bond acceptors (Lipinski definition) is 8. The molecule has 2 aliphatic heterocycles. The van der Waals surface area contributed by atoms with Gasteiger partial charge in [-0.25, -0.2) is 14.6 Å². The van der Waals surface area contributed by atoms with Gasteiger partial charge in [0.2, 0.25) is 11.8 Å². The Morgan fingerprint density at radius 1 is 0.763 bits per heavy atom. The Kier molecular flexibility index (Phi) is 8.92. The average molecular weight is 533 g/mol. The van der Waals surface area contributed by atoms with E-state index >= 15 is 0 Å². The summed E-state index contributed by atoms with van der Waals surface area (Å²) < 4.78 is 5.42. The molecular weight excluding hydrogens is 488 g/mol. The van der Waals surface area contributed by atoms with Crippen LogP contribution in [0, 0.1) is 0 Å². The summed E-state index contributed by atoms with van der Waals surface area (Å²) in [7, 11) is 0. The minimum Gasteiger partial charge on any atom is -0.460 e. The number of carbonyl (C=O) groups excluding carboxylic acids is 3. The van der Waals surface area contributed by atoms with Crippen LogP contribution in [0.3, 0.4) is 0 Å². The second-order valence-corrected chi connectivity index (χ2v) is 12.6. The number of amides is 2. The molecule has 0 aromatic heterocycles. The lowest BCUT2D eigenvalue weighted by molar-refractivity contribution is -0.304. The third kappa shape index (κ3) is 7.75. The molecule has 0 bridgehead atoms. The molecule has 2 fully saturated rings. The number of benzene rings is 1. The number of nitrogens with zero attached hydrogens (tertiary/aromatic N) is 2. The summed E-state index contributed by atoms with van der Waals surface area (Å²) in [4.78, 5) is 51.9. The smallest absolute Gasteiger partial charge is 0.338 e. The molecule has 0 saturated carbocycles. The van der Waals surface area contributed by atoms with Gasteiger partial charge in [0.1, 0.15) is 13.2 Å². The lowest BCUT2D eigenvalue weighted by Crippen LogP contribution is -2.69. The van der Waals surface area contributed by atoms with Crippen LogP contribution in [0.2, 0.25) is 0 Å². The van der Waals surface area contributed by atoms with Gasteiger partial charge < -0.3 is 14.5 Å². The molecule has 1 aromatic rings. The lowest BCUT2D eigenvalue weighted by atomic mass is 9.90. The van der Waals surface area contributed by atoms with Gasteiger partial charge in [0.05, 0.1) is 29.8 Å². The fourth-order valence-electron chi connectivity index (χ4n) is 5.51. The Bertz CT molecular complexity index is 1020. The highest BCUT2D eigenvalue weighted by Crippen LogP contribution is 2.23. The Balaban J connectivity index is 1.38. The molecule has 0 atom stereocenters. The van der Waals surface area contributed by atoms with Crippen LogP contribution in [0.4, 0.5) is 0 Å². The summed E-state index contributed by atoms with van der Waals surface area (Å²) in [5.74, 6) is -0.414. The molecule has 0 spiro atoms. The maximum Gasteiger partial charge on any atom is 0.338 e. The van der Waals surface area contributed by atoms with E-state index in [1.807, 2.05) is 41.5 Å². The van der Waals surface area contributed by atoms with Crippen molar-refractivity contribution < 1.29 is 28.9 Å². The van der Waals surface area contributed by atoms with E-state index in [-0.39, 0.29) is 42.7 Å². The highest BCUT2D eigenvalue weighted by atomic mass is 17.2. The van der Waals surface area contributed by atoms with Crippen molar-refractivity contribution in [3.8, 4) is 0 Å². The van der Waals surface area contributed by atoms with Crippen LogP contribution in [-0.4, -0.2) is 89.1 Å². The van der Waals surface area contributed by atoms with Gasteiger partial charge in [-0.2, -0.15) is 0 Å². The van der Waals surface area contributed by atoms with Crippen LogP contribution in [0.5, 0.6) is 0 Å². The summed E-state index contributed by atoms with van der Waals surface area (Å²) in [5, 5.41) is 6.72. The van der Waals surface area contributed by atoms with E-state index < -0.39 is 17.0 Å². The van der Waals surface area contributed by atoms with Gasteiger partial charge in [-0.15, -0.1) is 0 Å². The Hall–Kier alpha value is -2.53. The van der Waals surface area contributed by atoms with Crippen LogP contribution in [0.15, 0.2) is 24.3 Å². The fourth-order valence-corrected chi connectivity index (χ4v) is 5.51. The topological polar surface area (TPSA) is 109 Å². The minimum absolute atomic E-state index is 0.00772. The molecule has 0 radical (unpaired) electrons. The van der Waals surface area contributed by atoms with Gasteiger partial charge >= 0.3 is 5.97 Å². The second kappa shape index (κ2) is 11.3. The third-order valence-electron chi connectivity index (χ3n) is 6.66. The first-order valence-corrected chi connectivity index (χ1v) is 13.2. The molecule has 38 heavy (non-hydrogen) atoms. The highest BCUT2D eigenvalue weighted by Gasteiger charge is 2.44. The second-order valence-electron chi connectivity index (χ2n) is 12.6. The van der Waals surface area contributed by atoms with Gasteiger partial charge in [0.15, 0.2) is 0 Å². The monoisotopic (exact) mass is 532 g/mol. The third-order valence-corrected chi connectivity index (χ3v) is 6.66. The highest BCUT2D eigenvalue weighted by molar-refractivity contribution is 5.89. The molecule has 2 saturated heterocycles. The predicted molar refractivity (Wildman–Crippen MR) is 143 cm³/mol. The molecular formula is C28H44N4O6. The van der Waals surface area contributed by atoms with Crippen molar-refractivity contribution in [2.24, 2.45) is 0 Å². The van der Waals surface area contributed by atoms with E-state index in [2.05, 4.69) is 24.5 Å². The van der Waals surface area contributed by atoms with Crippen molar-refractivity contribution in [3.05, 3.63) is 35.4 Å². The number of esters is 1. The summed E-state index contributed by atoms with van der Waals surface area (Å²) >= 11 is 0. The molecule has 212 valence electrons. The van der Waals surface area contributed by atoms with Crippen LogP contribution < -0.4 is 10.6 Å². The van der Waals surface area contributed by atoms with Crippen molar-refractivity contribution in [2.75, 3.05) is 39.4 Å². The molecule has 2 aliphatic rings. The normalized spacial score (nSPS) is 21.9. The van der Waals surface area contributed by atoms with Gasteiger partial charge in [0, 0.05) is 30.7 Å². The van der Waals surface area contributed by atoms with E-state index in [4.69, 9.17) is 14.5 Å². The van der Waals surface area contributed by atoms with Crippen LogP contribution in [0.25, 0.3) is 0 Å². The maximum atomic E-state index is 12.7. The van der Waals surface area contributed by atoms with E-state index in [1.54, 1.807) is 34.1 Å². The van der Waals surface area contributed by atoms with Crippen molar-refractivity contribution in [3.63, 3.8) is 0 Å². The number of carbonyl (C=O) groups is 3. The number of rotatable bonds is 10. The molecule has 0 aliphatic carbocycles. The lowest BCUT2D eigenvalue weighted by Gasteiger charge is -2.47. The summed E-state index contributed by atoms with van der Waals surface area (Å²) in [6, 6.07) is 6.89. The van der Waals surface area contributed by atoms with Crippen molar-refractivity contribution >= 4 is 17.8 Å². The van der Waals surface area contributed by atoms with E-state index in [0.29, 0.717) is 31.7 Å². The maximum absolute atomic E-state index is 12.7. The van der Waals surface area contributed by atoms with Crippen LogP contribution >= 0.6 is 0 Å². The quantitative estimate of drug-likeness (QED) is 0.204. The van der Waals surface area contributed by atoms with Crippen LogP contribution in [0.1, 0.15) is 71.3 Å². The molecule has 10 nitrogen and oxygen atoms in total. The number of ether oxygens (including phenoxy) is 1. The minimum atomic E-state index is -0.663. The summed E-state index contributed by atoms with van der Waals surface area (Å²) in [6.45, 7) is 18.2. The first-order chi connectivity index (χ1) is 17.5. The number of hydrogen-bond donors (Lipinski definition) is 2. The van der Waals surface area contributed by atoms with Crippen molar-refractivity contribution in [1.29, 1.82) is 0 Å². The van der Waals surface area contributed by atoms with E-state index in [0.717, 1.165) is 5.56 Å². The van der Waals surface area contributed by atoms with Gasteiger partial charge in [-0.05, 0) is 73.1 Å². The molecule has 2 heterocycles. The standard InChI is InChI=1S/C28H44N4O6/c1-25(2)18-31(23(34)27(5,6)29-25)13-15-36-22(33)21-11-9-20(10-12-21)17-38-37-16-14-32-19-26(3,4)30-28(7,8)24(32)35/h9-12,29-30H,13-19H2,1-8H3. The van der Waals surface area contributed by atoms with E-state index in [9.17, 15) is 14.4 Å². The number of nitrogens with one attached hydrogen (secondary N) is 2. The zero-order chi connectivity index (χ0) is 28.4. The van der Waals surface area contributed by atoms with Gasteiger partial charge in [0.25, 0.3) is 0 Å². The average Bonchev–Trinajstić information content (AvgIpc) is 2.78. The van der Waals surface area contributed by atoms with Crippen molar-refractivity contribution in [2.45, 2.75) is 84.2 Å². The predicted octanol–water partition coefficient (Wildman–Crippen LogP) is 2.27. The van der Waals surface area contributed by atoms with Crippen LogP contribution in [-0.2, 0) is 30.7 Å². The Labute approximate surface area is 226 Å². The largest absolute Gasteiger partial charge is 0.460 e. The number of piperazine rings is 2. The molecule has 10 heteroatoms. The molecule has 1 aromatic carbocycles. The summed E-state index contributed by atoms with van der Waals surface area (Å²) in [5.41, 5.74) is -0.440. The van der Waals surface area contributed by atoms with Crippen molar-refractivity contribution in [1.82, 2.24) is 20.4 Å². The molecule has 2 N–H and O–H groups in total. The van der Waals surface area contributed by atoms with E-state index in [1.165, 1.54) is 0 Å². The molecule has 3 rings (SSSR count). The first kappa shape index (κ1) is 30.0. The van der Waals surface area contributed by atoms with Gasteiger partial charge in [-0.3, -0.25) is 20.2 Å². The molecule has 2 amide bonds. The SMILES string of the molecule is CC1(C)CN(CCOOCc2ccc(C(=O)OCCN3CC(C)(C)NC(C)(C)C3=O)cc2)C(=O)C(C)(C)N1. The molecule has 0 unspecified atom stereocenters. The Morgan fingerprint density at radius 2 is 1.24 bits per heavy atom. The zero-order valence-electron chi connectivity index (χ0n) is 24.1. The Morgan fingerprint density at radius 3 is 1.74 bits per heavy atom. The van der Waals surface area contributed by atoms with Gasteiger partial charge in [-0.1, -0.05) is 12.1 Å². The first-order valence-electron chi connectivity index (χ1n) is 13.2. The zero-order valence-corrected chi connectivity index (χ0v) is 24.1. The fraction of sp³-hybridized carbons (Fsp3) is 0.679.